The average Bonchev–Trinajstić information content (AvgIpc) is 3.32. The summed E-state index contributed by atoms with van der Waals surface area (Å²) in [5, 5.41) is 0. The number of ether oxygens (including phenoxy) is 3. The van der Waals surface area contributed by atoms with Crippen LogP contribution in [-0.4, -0.2) is 36.2 Å². The molecule has 1 aliphatic heterocycles. The van der Waals surface area contributed by atoms with Crippen LogP contribution in [0.3, 0.4) is 0 Å². The molecule has 6 heteroatoms. The highest BCUT2D eigenvalue weighted by molar-refractivity contribution is 5.82. The Hall–Kier alpha value is -1.59. The van der Waals surface area contributed by atoms with Crippen molar-refractivity contribution in [3.8, 4) is 0 Å². The Labute approximate surface area is 188 Å². The normalized spacial score (nSPS) is 21.1. The highest BCUT2D eigenvalue weighted by Gasteiger charge is 2.49. The van der Waals surface area contributed by atoms with Gasteiger partial charge in [0.05, 0.1) is 17.4 Å². The summed E-state index contributed by atoms with van der Waals surface area (Å²) in [4.78, 5) is 34.9. The fourth-order valence-electron chi connectivity index (χ4n) is 3.43. The summed E-state index contributed by atoms with van der Waals surface area (Å²) >= 11 is 0. The van der Waals surface area contributed by atoms with Crippen LogP contribution in [0.1, 0.15) is 107 Å². The van der Waals surface area contributed by atoms with Gasteiger partial charge in [-0.3, -0.25) is 9.59 Å². The van der Waals surface area contributed by atoms with E-state index >= 15 is 0 Å². The first-order valence-corrected chi connectivity index (χ1v) is 11.7. The van der Waals surface area contributed by atoms with Crippen LogP contribution >= 0.6 is 0 Å². The van der Waals surface area contributed by atoms with E-state index in [9.17, 15) is 14.4 Å². The largest absolute Gasteiger partial charge is 0.463 e. The monoisotopic (exact) mass is 440 g/mol. The van der Waals surface area contributed by atoms with E-state index in [1.807, 2.05) is 27.7 Å². The van der Waals surface area contributed by atoms with E-state index in [1.54, 1.807) is 13.8 Å². The first-order valence-electron chi connectivity index (χ1n) is 11.7. The predicted molar refractivity (Wildman–Crippen MR) is 120 cm³/mol. The molecule has 2 aliphatic rings. The summed E-state index contributed by atoms with van der Waals surface area (Å²) in [5.41, 5.74) is -1.09. The maximum absolute atomic E-state index is 12.3. The number of carbonyl (C=O) groups excluding carboxylic acids is 3. The van der Waals surface area contributed by atoms with Gasteiger partial charge in [-0.1, -0.05) is 34.6 Å². The molecule has 1 aliphatic carbocycles. The molecule has 0 aromatic heterocycles. The maximum atomic E-state index is 12.3. The number of cyclic esters (lactones) is 1. The molecule has 6 nitrogen and oxygen atoms in total. The third-order valence-electron chi connectivity index (χ3n) is 7.08. The van der Waals surface area contributed by atoms with Gasteiger partial charge in [0.2, 0.25) is 6.10 Å². The van der Waals surface area contributed by atoms with Gasteiger partial charge in [0.15, 0.2) is 0 Å². The molecule has 1 unspecified atom stereocenters. The molecule has 0 N–H and O–H groups in total. The van der Waals surface area contributed by atoms with E-state index in [4.69, 9.17) is 14.2 Å². The van der Waals surface area contributed by atoms with Crippen molar-refractivity contribution in [2.24, 2.45) is 16.2 Å². The van der Waals surface area contributed by atoms with E-state index in [0.29, 0.717) is 19.4 Å². The lowest BCUT2D eigenvalue weighted by Crippen LogP contribution is -2.47. The van der Waals surface area contributed by atoms with Crippen LogP contribution in [0.25, 0.3) is 0 Å². The molecule has 0 amide bonds. The summed E-state index contributed by atoms with van der Waals surface area (Å²) in [6.07, 6.45) is 5.69. The number of hydrogen-bond acceptors (Lipinski definition) is 6. The van der Waals surface area contributed by atoms with Gasteiger partial charge in [-0.05, 0) is 66.2 Å². The zero-order valence-corrected chi connectivity index (χ0v) is 21.2. The third kappa shape index (κ3) is 6.95. The van der Waals surface area contributed by atoms with E-state index in [-0.39, 0.29) is 28.4 Å². The summed E-state index contributed by atoms with van der Waals surface area (Å²) < 4.78 is 15.7. The van der Waals surface area contributed by atoms with Crippen LogP contribution in [0, 0.1) is 16.2 Å². The van der Waals surface area contributed by atoms with E-state index in [2.05, 4.69) is 20.8 Å². The lowest BCUT2D eigenvalue weighted by Gasteiger charge is -2.42. The number of rotatable bonds is 6. The van der Waals surface area contributed by atoms with Crippen molar-refractivity contribution in [3.05, 3.63) is 0 Å². The lowest BCUT2D eigenvalue weighted by atomic mass is 9.74. The Morgan fingerprint density at radius 2 is 1.42 bits per heavy atom. The van der Waals surface area contributed by atoms with Gasteiger partial charge in [0.25, 0.3) is 0 Å². The topological polar surface area (TPSA) is 78.9 Å². The zero-order valence-electron chi connectivity index (χ0n) is 21.2. The quantitative estimate of drug-likeness (QED) is 0.395. The highest BCUT2D eigenvalue weighted by atomic mass is 16.6. The molecule has 0 aromatic carbocycles. The number of carbonyl (C=O) groups is 3. The van der Waals surface area contributed by atoms with Crippen LogP contribution in [-0.2, 0) is 28.6 Å². The van der Waals surface area contributed by atoms with Crippen molar-refractivity contribution in [3.63, 3.8) is 0 Å². The molecule has 1 atom stereocenters. The maximum Gasteiger partial charge on any atom is 0.347 e. The van der Waals surface area contributed by atoms with Crippen molar-refractivity contribution < 1.29 is 28.6 Å². The minimum absolute atomic E-state index is 0.0307. The molecule has 1 saturated carbocycles. The Morgan fingerprint density at radius 1 is 0.935 bits per heavy atom. The molecule has 0 aromatic rings. The zero-order chi connectivity index (χ0) is 24.1. The molecule has 1 saturated heterocycles. The van der Waals surface area contributed by atoms with Gasteiger partial charge in [0.1, 0.15) is 5.60 Å². The summed E-state index contributed by atoms with van der Waals surface area (Å²) in [7, 11) is 0. The van der Waals surface area contributed by atoms with Crippen molar-refractivity contribution in [1.82, 2.24) is 0 Å². The van der Waals surface area contributed by atoms with Crippen molar-refractivity contribution >= 4 is 17.9 Å². The van der Waals surface area contributed by atoms with E-state index < -0.39 is 17.5 Å². The standard InChI is InChI=1S/C15H28O2.C10H16O4/c1-7-14(5,6)12(16)17-15(13(2,3)4)10-8-9-11-15;1-4-10(2,3)9(12)14-7-5-6-13-8(7)11/h7-11H2,1-6H3;7H,4-6H2,1-3H3. The SMILES string of the molecule is CCC(C)(C)C(=O)OC1(C(C)(C)C)CCCC1.CCC(C)(C)C(=O)OC1CCOC1=O. The summed E-state index contributed by atoms with van der Waals surface area (Å²) in [5.74, 6) is -0.786. The van der Waals surface area contributed by atoms with Crippen LogP contribution in [0.5, 0.6) is 0 Å². The minimum Gasteiger partial charge on any atom is -0.463 e. The smallest absolute Gasteiger partial charge is 0.347 e. The Kier molecular flexibility index (Phi) is 9.16. The second-order valence-electron chi connectivity index (χ2n) is 11.2. The van der Waals surface area contributed by atoms with Gasteiger partial charge < -0.3 is 14.2 Å². The molecule has 2 rings (SSSR count). The van der Waals surface area contributed by atoms with Crippen molar-refractivity contribution in [1.29, 1.82) is 0 Å². The van der Waals surface area contributed by atoms with Crippen molar-refractivity contribution in [2.75, 3.05) is 6.61 Å². The second kappa shape index (κ2) is 10.4. The van der Waals surface area contributed by atoms with Gasteiger partial charge >= 0.3 is 17.9 Å². The Bertz CT molecular complexity index is 635. The number of esters is 3. The molecule has 31 heavy (non-hydrogen) atoms. The fourth-order valence-corrected chi connectivity index (χ4v) is 3.43. The fraction of sp³-hybridized carbons (Fsp3) is 0.880. The van der Waals surface area contributed by atoms with Gasteiger partial charge in [-0.15, -0.1) is 0 Å². The van der Waals surface area contributed by atoms with E-state index in [1.165, 1.54) is 12.8 Å². The second-order valence-corrected chi connectivity index (χ2v) is 11.2. The molecular formula is C25H44O6. The predicted octanol–water partition coefficient (Wildman–Crippen LogP) is 5.61. The van der Waals surface area contributed by atoms with Crippen molar-refractivity contribution in [2.45, 2.75) is 119 Å². The van der Waals surface area contributed by atoms with Gasteiger partial charge in [-0.25, -0.2) is 4.79 Å². The summed E-state index contributed by atoms with van der Waals surface area (Å²) in [6.45, 7) is 18.4. The summed E-state index contributed by atoms with van der Waals surface area (Å²) in [6, 6.07) is 0. The van der Waals surface area contributed by atoms with Crippen LogP contribution in [0.2, 0.25) is 0 Å². The number of hydrogen-bond donors (Lipinski definition) is 0. The molecule has 0 radical (unpaired) electrons. The van der Waals surface area contributed by atoms with Gasteiger partial charge in [-0.2, -0.15) is 0 Å². The van der Waals surface area contributed by atoms with E-state index in [0.717, 1.165) is 19.3 Å². The lowest BCUT2D eigenvalue weighted by molar-refractivity contribution is -0.183. The van der Waals surface area contributed by atoms with Crippen LogP contribution < -0.4 is 0 Å². The van der Waals surface area contributed by atoms with Crippen LogP contribution in [0.15, 0.2) is 0 Å². The molecule has 0 bridgehead atoms. The first kappa shape index (κ1) is 27.4. The van der Waals surface area contributed by atoms with Gasteiger partial charge in [0, 0.05) is 11.8 Å². The highest BCUT2D eigenvalue weighted by Crippen LogP contribution is 2.47. The minimum atomic E-state index is -0.687. The Balaban J connectivity index is 0.000000316. The third-order valence-corrected chi connectivity index (χ3v) is 7.08. The molecule has 0 spiro atoms. The Morgan fingerprint density at radius 3 is 1.81 bits per heavy atom. The van der Waals surface area contributed by atoms with Crippen LogP contribution in [0.4, 0.5) is 0 Å². The molecule has 180 valence electrons. The molecular weight excluding hydrogens is 396 g/mol. The first-order chi connectivity index (χ1) is 14.1. The molecule has 1 heterocycles. The average molecular weight is 441 g/mol. The molecule has 2 fully saturated rings.